The van der Waals surface area contributed by atoms with E-state index < -0.39 is 6.04 Å². The Hall–Kier alpha value is -4.07. The molecule has 1 aromatic heterocycles. The minimum Gasteiger partial charge on any atom is -0.496 e. The molecule has 8 heteroatoms. The van der Waals surface area contributed by atoms with Gasteiger partial charge in [-0.1, -0.05) is 30.4 Å². The summed E-state index contributed by atoms with van der Waals surface area (Å²) in [6, 6.07) is 12.0. The molecule has 152 valence electrons. The zero-order valence-electron chi connectivity index (χ0n) is 16.5. The first-order valence-electron chi connectivity index (χ1n) is 9.39. The molecule has 8 nitrogen and oxygen atoms in total. The van der Waals surface area contributed by atoms with Crippen LogP contribution >= 0.6 is 0 Å². The monoisotopic (exact) mass is 403 g/mol. The fourth-order valence-corrected chi connectivity index (χ4v) is 3.40. The van der Waals surface area contributed by atoms with E-state index in [1.54, 1.807) is 32.4 Å². The summed E-state index contributed by atoms with van der Waals surface area (Å²) in [7, 11) is 1.60. The summed E-state index contributed by atoms with van der Waals surface area (Å²) >= 11 is 0. The van der Waals surface area contributed by atoms with Crippen molar-refractivity contribution < 1.29 is 14.3 Å². The zero-order valence-corrected chi connectivity index (χ0v) is 16.5. The molecule has 1 atom stereocenters. The third-order valence-electron chi connectivity index (χ3n) is 4.85. The molecule has 0 spiro atoms. The molecule has 4 N–H and O–H groups in total. The van der Waals surface area contributed by atoms with Gasteiger partial charge in [-0.25, -0.2) is 4.79 Å². The zero-order chi connectivity index (χ0) is 21.1. The molecular formula is C22H21N5O3. The lowest BCUT2D eigenvalue weighted by molar-refractivity contribution is -0.113. The highest BCUT2D eigenvalue weighted by atomic mass is 16.5. The van der Waals surface area contributed by atoms with Crippen LogP contribution in [0.15, 0.2) is 66.0 Å². The van der Waals surface area contributed by atoms with E-state index in [0.29, 0.717) is 22.7 Å². The molecule has 2 aromatic carbocycles. The Labute approximate surface area is 173 Å². The number of carbonyl (C=O) groups is 2. The van der Waals surface area contributed by atoms with Crippen LogP contribution < -0.4 is 20.7 Å². The number of hydrogen-bond acceptors (Lipinski definition) is 4. The Kier molecular flexibility index (Phi) is 5.21. The maximum Gasteiger partial charge on any atom is 0.319 e. The number of methoxy groups -OCH3 is 1. The summed E-state index contributed by atoms with van der Waals surface area (Å²) < 4.78 is 5.36. The number of para-hydroxylation sites is 1. The largest absolute Gasteiger partial charge is 0.496 e. The van der Waals surface area contributed by atoms with Crippen LogP contribution in [0.3, 0.4) is 0 Å². The summed E-state index contributed by atoms with van der Waals surface area (Å²) in [5.74, 6) is 0.395. The molecule has 0 radical (unpaired) electrons. The normalized spacial score (nSPS) is 16.5. The maximum atomic E-state index is 13.1. The van der Waals surface area contributed by atoms with E-state index >= 15 is 0 Å². The Balaban J connectivity index is 1.61. The number of carbonyl (C=O) groups excluding carboxylic acids is 2. The number of anilines is 1. The summed E-state index contributed by atoms with van der Waals surface area (Å²) in [5.41, 5.74) is 3.28. The number of aromatic amines is 1. The van der Waals surface area contributed by atoms with Crippen molar-refractivity contribution in [3.63, 3.8) is 0 Å². The molecule has 4 rings (SSSR count). The number of allylic oxidation sites excluding steroid dienone is 1. The molecule has 0 bridgehead atoms. The van der Waals surface area contributed by atoms with Crippen molar-refractivity contribution >= 4 is 34.6 Å². The quantitative estimate of drug-likeness (QED) is 0.525. The smallest absolute Gasteiger partial charge is 0.319 e. The molecule has 1 aliphatic rings. The molecule has 3 amide bonds. The lowest BCUT2D eigenvalue weighted by Gasteiger charge is -2.26. The van der Waals surface area contributed by atoms with E-state index in [-0.39, 0.29) is 11.9 Å². The summed E-state index contributed by atoms with van der Waals surface area (Å²) in [6.45, 7) is 1.71. The van der Waals surface area contributed by atoms with Gasteiger partial charge in [0.15, 0.2) is 0 Å². The number of aromatic nitrogens is 2. The first-order valence-corrected chi connectivity index (χ1v) is 9.39. The molecule has 0 saturated heterocycles. The third kappa shape index (κ3) is 3.88. The van der Waals surface area contributed by atoms with Crippen LogP contribution in [0.2, 0.25) is 0 Å². The molecule has 0 saturated carbocycles. The fourth-order valence-electron chi connectivity index (χ4n) is 3.40. The van der Waals surface area contributed by atoms with Gasteiger partial charge in [0.1, 0.15) is 5.75 Å². The minimum absolute atomic E-state index is 0.308. The van der Waals surface area contributed by atoms with Gasteiger partial charge in [0.2, 0.25) is 0 Å². The Morgan fingerprint density at radius 2 is 2.07 bits per heavy atom. The first kappa shape index (κ1) is 19.3. The van der Waals surface area contributed by atoms with Crippen LogP contribution in [0.25, 0.3) is 17.0 Å². The topological polar surface area (TPSA) is 108 Å². The first-order chi connectivity index (χ1) is 14.5. The molecule has 0 fully saturated rings. The van der Waals surface area contributed by atoms with Gasteiger partial charge < -0.3 is 20.7 Å². The number of nitrogens with one attached hydrogen (secondary N) is 4. The van der Waals surface area contributed by atoms with Gasteiger partial charge in [-0.05, 0) is 31.2 Å². The number of hydrogen-bond donors (Lipinski definition) is 4. The molecule has 1 aliphatic heterocycles. The number of rotatable bonds is 5. The number of benzene rings is 2. The lowest BCUT2D eigenvalue weighted by Crippen LogP contribution is -2.49. The Morgan fingerprint density at radius 1 is 1.23 bits per heavy atom. The van der Waals surface area contributed by atoms with Crippen molar-refractivity contribution in [2.75, 3.05) is 12.4 Å². The van der Waals surface area contributed by atoms with Gasteiger partial charge in [-0.15, -0.1) is 0 Å². The number of H-pyrrole nitrogens is 1. The highest BCUT2D eigenvalue weighted by molar-refractivity contribution is 6.07. The van der Waals surface area contributed by atoms with Crippen LogP contribution in [0, 0.1) is 0 Å². The van der Waals surface area contributed by atoms with E-state index in [9.17, 15) is 9.59 Å². The van der Waals surface area contributed by atoms with Crippen molar-refractivity contribution in [1.29, 1.82) is 0 Å². The minimum atomic E-state index is -0.596. The Morgan fingerprint density at radius 3 is 2.90 bits per heavy atom. The highest BCUT2D eigenvalue weighted by Crippen LogP contribution is 2.23. The SMILES string of the molecule is COc1ccccc1C=CC1NC(=O)NC(C)=C1C(=O)Nc1ccc2[nH]ncc2c1. The Bertz CT molecular complexity index is 1180. The van der Waals surface area contributed by atoms with Crippen molar-refractivity contribution in [2.24, 2.45) is 0 Å². The van der Waals surface area contributed by atoms with Crippen LogP contribution in [-0.2, 0) is 4.79 Å². The molecule has 0 aliphatic carbocycles. The summed E-state index contributed by atoms with van der Waals surface area (Å²) in [4.78, 5) is 25.1. The molecule has 2 heterocycles. The van der Waals surface area contributed by atoms with E-state index in [1.807, 2.05) is 42.5 Å². The number of nitrogens with zero attached hydrogens (tertiary/aromatic N) is 1. The van der Waals surface area contributed by atoms with Gasteiger partial charge in [0.25, 0.3) is 5.91 Å². The second-order valence-corrected chi connectivity index (χ2v) is 6.84. The van der Waals surface area contributed by atoms with E-state index in [2.05, 4.69) is 26.1 Å². The summed E-state index contributed by atoms with van der Waals surface area (Å²) in [6.07, 6.45) is 5.29. The van der Waals surface area contributed by atoms with Gasteiger partial charge in [-0.3, -0.25) is 9.89 Å². The number of urea groups is 1. The van der Waals surface area contributed by atoms with Gasteiger partial charge in [0.05, 0.1) is 30.4 Å². The highest BCUT2D eigenvalue weighted by Gasteiger charge is 2.28. The van der Waals surface area contributed by atoms with Crippen LogP contribution in [0.4, 0.5) is 10.5 Å². The third-order valence-corrected chi connectivity index (χ3v) is 4.85. The van der Waals surface area contributed by atoms with E-state index in [4.69, 9.17) is 4.74 Å². The molecule has 30 heavy (non-hydrogen) atoms. The number of fused-ring (bicyclic) bond motifs is 1. The van der Waals surface area contributed by atoms with Crippen molar-refractivity contribution in [3.05, 3.63) is 71.6 Å². The lowest BCUT2D eigenvalue weighted by atomic mass is 10.00. The molecular weight excluding hydrogens is 382 g/mol. The fraction of sp³-hybridized carbons (Fsp3) is 0.136. The average Bonchev–Trinajstić information content (AvgIpc) is 3.19. The number of ether oxygens (including phenoxy) is 1. The number of amides is 3. The van der Waals surface area contributed by atoms with Crippen molar-refractivity contribution in [2.45, 2.75) is 13.0 Å². The molecule has 1 unspecified atom stereocenters. The van der Waals surface area contributed by atoms with E-state index in [0.717, 1.165) is 16.5 Å². The van der Waals surface area contributed by atoms with Gasteiger partial charge in [0, 0.05) is 22.3 Å². The van der Waals surface area contributed by atoms with Crippen LogP contribution in [0.1, 0.15) is 12.5 Å². The maximum absolute atomic E-state index is 13.1. The summed E-state index contributed by atoms with van der Waals surface area (Å²) in [5, 5.41) is 16.1. The van der Waals surface area contributed by atoms with Crippen LogP contribution in [0.5, 0.6) is 5.75 Å². The van der Waals surface area contributed by atoms with Crippen molar-refractivity contribution in [3.8, 4) is 5.75 Å². The van der Waals surface area contributed by atoms with E-state index in [1.165, 1.54) is 0 Å². The average molecular weight is 403 g/mol. The van der Waals surface area contributed by atoms with Crippen LogP contribution in [-0.4, -0.2) is 35.3 Å². The second-order valence-electron chi connectivity index (χ2n) is 6.84. The second kappa shape index (κ2) is 8.12. The standard InChI is InChI=1S/C22H21N5O3/c1-13-20(21(28)25-16-8-10-17-15(11-16)12-23-27-17)18(26-22(29)24-13)9-7-14-5-3-4-6-19(14)30-2/h3-12,18H,1-2H3,(H,23,27)(H,25,28)(H2,24,26,29). The van der Waals surface area contributed by atoms with Gasteiger partial charge in [-0.2, -0.15) is 5.10 Å². The van der Waals surface area contributed by atoms with Crippen molar-refractivity contribution in [1.82, 2.24) is 20.8 Å². The molecule has 3 aromatic rings. The van der Waals surface area contributed by atoms with Gasteiger partial charge >= 0.3 is 6.03 Å². The predicted molar refractivity (Wildman–Crippen MR) is 115 cm³/mol. The predicted octanol–water partition coefficient (Wildman–Crippen LogP) is 3.18.